The summed E-state index contributed by atoms with van der Waals surface area (Å²) in [4.78, 5) is 0.0702. The Morgan fingerprint density at radius 1 is 0.963 bits per heavy atom. The van der Waals surface area contributed by atoms with Crippen molar-refractivity contribution in [1.82, 2.24) is 0 Å². The van der Waals surface area contributed by atoms with Crippen LogP contribution in [0.15, 0.2) is 76.1 Å². The van der Waals surface area contributed by atoms with Crippen molar-refractivity contribution in [2.45, 2.75) is 4.90 Å². The first-order valence-electron chi connectivity index (χ1n) is 7.78. The van der Waals surface area contributed by atoms with Crippen LogP contribution >= 0.6 is 27.5 Å². The Balaban J connectivity index is 1.94. The van der Waals surface area contributed by atoms with E-state index in [1.807, 2.05) is 18.2 Å². The average molecular weight is 469 g/mol. The third kappa shape index (κ3) is 4.74. The van der Waals surface area contributed by atoms with Gasteiger partial charge in [0.05, 0.1) is 22.2 Å². The maximum atomic E-state index is 12.8. The highest BCUT2D eigenvalue weighted by Gasteiger charge is 2.19. The highest BCUT2D eigenvalue weighted by molar-refractivity contribution is 9.10. The molecule has 0 aliphatic heterocycles. The van der Waals surface area contributed by atoms with Gasteiger partial charge in [0.1, 0.15) is 11.5 Å². The van der Waals surface area contributed by atoms with Crippen molar-refractivity contribution >= 4 is 43.2 Å². The van der Waals surface area contributed by atoms with Gasteiger partial charge >= 0.3 is 0 Å². The van der Waals surface area contributed by atoms with E-state index < -0.39 is 10.0 Å². The van der Waals surface area contributed by atoms with E-state index in [0.29, 0.717) is 26.7 Å². The van der Waals surface area contributed by atoms with Gasteiger partial charge in [0.15, 0.2) is 5.75 Å². The van der Waals surface area contributed by atoms with Crippen LogP contribution < -0.4 is 14.2 Å². The van der Waals surface area contributed by atoms with Crippen LogP contribution in [0.25, 0.3) is 0 Å². The highest BCUT2D eigenvalue weighted by Crippen LogP contribution is 2.34. The number of benzene rings is 3. The van der Waals surface area contributed by atoms with Crippen molar-refractivity contribution in [3.05, 3.63) is 76.2 Å². The molecule has 0 aliphatic carbocycles. The van der Waals surface area contributed by atoms with E-state index in [9.17, 15) is 8.42 Å². The first kappa shape index (κ1) is 19.5. The first-order valence-corrected chi connectivity index (χ1v) is 10.4. The Kier molecular flexibility index (Phi) is 5.94. The van der Waals surface area contributed by atoms with E-state index in [1.165, 1.54) is 25.3 Å². The third-order valence-electron chi connectivity index (χ3n) is 3.59. The van der Waals surface area contributed by atoms with Crippen LogP contribution in [0.4, 0.5) is 5.69 Å². The Morgan fingerprint density at radius 3 is 2.33 bits per heavy atom. The lowest BCUT2D eigenvalue weighted by molar-refractivity contribution is 0.411. The van der Waals surface area contributed by atoms with Crippen LogP contribution in [-0.4, -0.2) is 15.5 Å². The molecule has 0 bridgehead atoms. The van der Waals surface area contributed by atoms with Gasteiger partial charge in [-0.05, 0) is 64.5 Å². The molecule has 3 aromatic carbocycles. The number of nitrogens with one attached hydrogen (secondary N) is 1. The second-order valence-corrected chi connectivity index (χ2v) is 8.43. The zero-order valence-corrected chi connectivity index (χ0v) is 17.3. The predicted molar refractivity (Wildman–Crippen MR) is 109 cm³/mol. The van der Waals surface area contributed by atoms with Gasteiger partial charge in [-0.3, -0.25) is 4.72 Å². The minimum absolute atomic E-state index is 0.0702. The number of hydrogen-bond acceptors (Lipinski definition) is 4. The summed E-state index contributed by atoms with van der Waals surface area (Å²) in [6.45, 7) is 0. The molecule has 0 saturated carbocycles. The van der Waals surface area contributed by atoms with E-state index in [-0.39, 0.29) is 10.6 Å². The molecule has 0 atom stereocenters. The number of para-hydroxylation sites is 1. The number of ether oxygens (including phenoxy) is 2. The van der Waals surface area contributed by atoms with Crippen LogP contribution in [0.2, 0.25) is 5.02 Å². The molecule has 3 rings (SSSR count). The van der Waals surface area contributed by atoms with E-state index in [4.69, 9.17) is 21.1 Å². The molecule has 0 aromatic heterocycles. The van der Waals surface area contributed by atoms with Gasteiger partial charge in [-0.2, -0.15) is 0 Å². The monoisotopic (exact) mass is 467 g/mol. The third-order valence-corrected chi connectivity index (χ3v) is 5.81. The Hall–Kier alpha value is -2.22. The van der Waals surface area contributed by atoms with Crippen molar-refractivity contribution in [3.8, 4) is 17.2 Å². The van der Waals surface area contributed by atoms with Gasteiger partial charge in [-0.1, -0.05) is 29.8 Å². The van der Waals surface area contributed by atoms with Crippen molar-refractivity contribution < 1.29 is 17.9 Å². The summed E-state index contributed by atoms with van der Waals surface area (Å²) in [6.07, 6.45) is 0. The van der Waals surface area contributed by atoms with Gasteiger partial charge < -0.3 is 9.47 Å². The highest BCUT2D eigenvalue weighted by atomic mass is 79.9. The lowest BCUT2D eigenvalue weighted by Crippen LogP contribution is -2.13. The summed E-state index contributed by atoms with van der Waals surface area (Å²) in [5.74, 6) is 1.44. The fourth-order valence-corrected chi connectivity index (χ4v) is 4.26. The van der Waals surface area contributed by atoms with Crippen LogP contribution in [-0.2, 0) is 10.0 Å². The smallest absolute Gasteiger partial charge is 0.262 e. The topological polar surface area (TPSA) is 64.6 Å². The molecule has 0 saturated heterocycles. The molecule has 27 heavy (non-hydrogen) atoms. The van der Waals surface area contributed by atoms with Crippen molar-refractivity contribution in [1.29, 1.82) is 0 Å². The normalized spacial score (nSPS) is 11.1. The summed E-state index contributed by atoms with van der Waals surface area (Å²) in [6, 6.07) is 18.3. The lowest BCUT2D eigenvalue weighted by Gasteiger charge is -2.14. The Labute approximate surface area is 171 Å². The maximum Gasteiger partial charge on any atom is 0.262 e. The molecule has 0 fully saturated rings. The van der Waals surface area contributed by atoms with Crippen molar-refractivity contribution in [2.24, 2.45) is 0 Å². The van der Waals surface area contributed by atoms with Gasteiger partial charge in [0.25, 0.3) is 10.0 Å². The average Bonchev–Trinajstić information content (AvgIpc) is 2.64. The van der Waals surface area contributed by atoms with Crippen LogP contribution in [0.3, 0.4) is 0 Å². The van der Waals surface area contributed by atoms with E-state index >= 15 is 0 Å². The number of halogens is 2. The Bertz CT molecular complexity index is 1060. The maximum absolute atomic E-state index is 12.8. The molecule has 3 aromatic rings. The molecule has 5 nitrogen and oxygen atoms in total. The zero-order valence-electron chi connectivity index (χ0n) is 14.1. The summed E-state index contributed by atoms with van der Waals surface area (Å²) >= 11 is 9.34. The molecule has 0 radical (unpaired) electrons. The van der Waals surface area contributed by atoms with E-state index in [2.05, 4.69) is 20.7 Å². The number of methoxy groups -OCH3 is 1. The second-order valence-electron chi connectivity index (χ2n) is 5.46. The number of hydrogen-bond donors (Lipinski definition) is 1. The summed E-state index contributed by atoms with van der Waals surface area (Å²) in [5.41, 5.74) is 0.235. The molecular formula is C19H15BrClNO4S. The summed E-state index contributed by atoms with van der Waals surface area (Å²) < 4.78 is 39.6. The minimum Gasteiger partial charge on any atom is -0.496 e. The predicted octanol–water partition coefficient (Wildman–Crippen LogP) is 5.70. The molecular weight excluding hydrogens is 454 g/mol. The van der Waals surface area contributed by atoms with Crippen LogP contribution in [0.1, 0.15) is 0 Å². The van der Waals surface area contributed by atoms with Gasteiger partial charge in [0.2, 0.25) is 0 Å². The van der Waals surface area contributed by atoms with Gasteiger partial charge in [-0.25, -0.2) is 8.42 Å². The van der Waals surface area contributed by atoms with Crippen LogP contribution in [0.5, 0.6) is 17.2 Å². The molecule has 0 heterocycles. The summed E-state index contributed by atoms with van der Waals surface area (Å²) in [7, 11) is -2.36. The molecule has 1 N–H and O–H groups in total. The Morgan fingerprint density at radius 2 is 1.67 bits per heavy atom. The molecule has 0 aliphatic rings. The largest absolute Gasteiger partial charge is 0.496 e. The fraction of sp³-hybridized carbons (Fsp3) is 0.0526. The van der Waals surface area contributed by atoms with Gasteiger partial charge in [0, 0.05) is 5.02 Å². The van der Waals surface area contributed by atoms with Crippen molar-refractivity contribution in [3.63, 3.8) is 0 Å². The van der Waals surface area contributed by atoms with E-state index in [0.717, 1.165) is 0 Å². The number of anilines is 1. The molecule has 0 amide bonds. The fourth-order valence-electron chi connectivity index (χ4n) is 2.30. The summed E-state index contributed by atoms with van der Waals surface area (Å²) in [5, 5.41) is 0.379. The van der Waals surface area contributed by atoms with Crippen LogP contribution in [0, 0.1) is 0 Å². The molecule has 0 unspecified atom stereocenters. The first-order chi connectivity index (χ1) is 12.9. The van der Waals surface area contributed by atoms with Crippen molar-refractivity contribution in [2.75, 3.05) is 11.8 Å². The number of sulfonamides is 1. The number of rotatable bonds is 6. The standard InChI is InChI=1S/C19H15BrClNO4S/c1-25-18-10-8-15(12-16(18)20)27(23,24)22-17-11-13(21)7-9-19(17)26-14-5-3-2-4-6-14/h2-12,22H,1H3. The molecule has 140 valence electrons. The molecule has 0 spiro atoms. The van der Waals surface area contributed by atoms with E-state index in [1.54, 1.807) is 30.3 Å². The SMILES string of the molecule is COc1ccc(S(=O)(=O)Nc2cc(Cl)ccc2Oc2ccccc2)cc1Br. The van der Waals surface area contributed by atoms with Gasteiger partial charge in [-0.15, -0.1) is 0 Å². The quantitative estimate of drug-likeness (QED) is 0.504. The zero-order chi connectivity index (χ0) is 19.4. The molecule has 8 heteroatoms. The lowest BCUT2D eigenvalue weighted by atomic mass is 10.3. The minimum atomic E-state index is -3.87. The second kappa shape index (κ2) is 8.21.